The van der Waals surface area contributed by atoms with Gasteiger partial charge in [0.25, 0.3) is 0 Å². The SMILES string of the molecule is CC1(C)CC[C@]2(COC(=O)CC(=O)O)CC[C@]3(C)C(=CCC4[C@@]5(C)CCC(=O)C(C)(C)[C@@H]5CC[C@]43C)[C@@H]2C1. The van der Waals surface area contributed by atoms with Gasteiger partial charge >= 0.3 is 11.9 Å². The number of Topliss-reactive ketones (excluding diaryl/α,β-unsaturated/α-hetero) is 1. The van der Waals surface area contributed by atoms with Gasteiger partial charge in [-0.25, -0.2) is 0 Å². The largest absolute Gasteiger partial charge is 0.481 e. The van der Waals surface area contributed by atoms with Crippen LogP contribution in [0, 0.1) is 50.2 Å². The van der Waals surface area contributed by atoms with E-state index in [0.717, 1.165) is 51.4 Å². The lowest BCUT2D eigenvalue weighted by molar-refractivity contribution is -0.188. The Morgan fingerprint density at radius 1 is 0.947 bits per heavy atom. The van der Waals surface area contributed by atoms with Gasteiger partial charge in [-0.3, -0.25) is 14.4 Å². The third-order valence-electron chi connectivity index (χ3n) is 13.4. The number of ether oxygens (including phenoxy) is 1. The molecule has 0 saturated heterocycles. The number of carboxylic acid groups (broad SMARTS) is 1. The minimum absolute atomic E-state index is 0.0855. The molecule has 0 aromatic heterocycles. The lowest BCUT2D eigenvalue weighted by Gasteiger charge is -2.70. The van der Waals surface area contributed by atoms with Gasteiger partial charge in [-0.05, 0) is 97.2 Å². The first-order valence-electron chi connectivity index (χ1n) is 15.1. The molecule has 38 heavy (non-hydrogen) atoms. The number of fused-ring (bicyclic) bond motifs is 7. The number of rotatable bonds is 4. The smallest absolute Gasteiger partial charge is 0.317 e. The van der Waals surface area contributed by atoms with Crippen LogP contribution in [0.2, 0.25) is 0 Å². The molecule has 0 aliphatic heterocycles. The summed E-state index contributed by atoms with van der Waals surface area (Å²) in [5, 5.41) is 9.07. The van der Waals surface area contributed by atoms with Gasteiger partial charge in [-0.1, -0.05) is 60.1 Å². The number of carboxylic acids is 1. The summed E-state index contributed by atoms with van der Waals surface area (Å²) in [5.74, 6) is 0.0662. The minimum atomic E-state index is -1.13. The molecule has 1 unspecified atom stereocenters. The molecule has 212 valence electrons. The molecule has 0 heterocycles. The Morgan fingerprint density at radius 2 is 1.63 bits per heavy atom. The first kappa shape index (κ1) is 27.9. The van der Waals surface area contributed by atoms with Crippen LogP contribution >= 0.6 is 0 Å². The molecule has 7 atom stereocenters. The maximum Gasteiger partial charge on any atom is 0.317 e. The molecular formula is C33H50O5. The summed E-state index contributed by atoms with van der Waals surface area (Å²) < 4.78 is 5.71. The molecule has 0 radical (unpaired) electrons. The van der Waals surface area contributed by atoms with Gasteiger partial charge < -0.3 is 9.84 Å². The topological polar surface area (TPSA) is 80.7 Å². The third-order valence-corrected chi connectivity index (χ3v) is 13.4. The molecule has 0 aromatic carbocycles. The number of hydrogen-bond donors (Lipinski definition) is 1. The fraction of sp³-hybridized carbons (Fsp3) is 0.848. The van der Waals surface area contributed by atoms with Crippen LogP contribution in [0.3, 0.4) is 0 Å². The highest BCUT2D eigenvalue weighted by Gasteiger charge is 2.68. The first-order valence-corrected chi connectivity index (χ1v) is 15.1. The molecule has 0 bridgehead atoms. The Kier molecular flexibility index (Phi) is 6.37. The maximum atomic E-state index is 13.0. The van der Waals surface area contributed by atoms with Gasteiger partial charge in [0.05, 0.1) is 6.61 Å². The summed E-state index contributed by atoms with van der Waals surface area (Å²) in [5.41, 5.74) is 1.91. The van der Waals surface area contributed by atoms with Crippen LogP contribution in [-0.2, 0) is 19.1 Å². The van der Waals surface area contributed by atoms with E-state index in [1.807, 2.05) is 0 Å². The molecule has 4 saturated carbocycles. The highest BCUT2D eigenvalue weighted by atomic mass is 16.5. The number of carbonyl (C=O) groups excluding carboxylic acids is 2. The van der Waals surface area contributed by atoms with Crippen molar-refractivity contribution in [3.05, 3.63) is 11.6 Å². The molecule has 5 aliphatic carbocycles. The molecule has 0 spiro atoms. The molecule has 5 rings (SSSR count). The number of hydrogen-bond acceptors (Lipinski definition) is 4. The summed E-state index contributed by atoms with van der Waals surface area (Å²) in [7, 11) is 0. The quantitative estimate of drug-likeness (QED) is 0.235. The predicted molar refractivity (Wildman–Crippen MR) is 147 cm³/mol. The highest BCUT2D eigenvalue weighted by Crippen LogP contribution is 2.75. The van der Waals surface area contributed by atoms with Crippen molar-refractivity contribution in [3.63, 3.8) is 0 Å². The van der Waals surface area contributed by atoms with E-state index < -0.39 is 18.4 Å². The van der Waals surface area contributed by atoms with Crippen LogP contribution in [0.1, 0.15) is 119 Å². The van der Waals surface area contributed by atoms with Gasteiger partial charge in [0.1, 0.15) is 12.2 Å². The predicted octanol–water partition coefficient (Wildman–Crippen LogP) is 7.38. The molecule has 0 amide bonds. The molecular weight excluding hydrogens is 476 g/mol. The van der Waals surface area contributed by atoms with Crippen LogP contribution in [0.15, 0.2) is 11.6 Å². The summed E-state index contributed by atoms with van der Waals surface area (Å²) >= 11 is 0. The van der Waals surface area contributed by atoms with E-state index in [1.54, 1.807) is 5.57 Å². The van der Waals surface area contributed by atoms with Crippen LogP contribution < -0.4 is 0 Å². The van der Waals surface area contributed by atoms with Crippen molar-refractivity contribution in [3.8, 4) is 0 Å². The number of ketones is 1. The minimum Gasteiger partial charge on any atom is -0.481 e. The zero-order valence-corrected chi connectivity index (χ0v) is 24.9. The zero-order valence-electron chi connectivity index (χ0n) is 24.9. The molecule has 1 N–H and O–H groups in total. The normalized spacial score (nSPS) is 45.0. The average molecular weight is 527 g/mol. The van der Waals surface area contributed by atoms with Crippen molar-refractivity contribution in [2.45, 2.75) is 119 Å². The van der Waals surface area contributed by atoms with Crippen LogP contribution in [0.5, 0.6) is 0 Å². The van der Waals surface area contributed by atoms with E-state index in [4.69, 9.17) is 9.84 Å². The average Bonchev–Trinajstić information content (AvgIpc) is 2.81. The van der Waals surface area contributed by atoms with E-state index in [1.165, 1.54) is 6.42 Å². The lowest BCUT2D eigenvalue weighted by atomic mass is 9.33. The van der Waals surface area contributed by atoms with E-state index in [9.17, 15) is 14.4 Å². The summed E-state index contributed by atoms with van der Waals surface area (Å²) in [6.45, 7) is 17.1. The summed E-state index contributed by atoms with van der Waals surface area (Å²) in [4.78, 5) is 36.4. The van der Waals surface area contributed by atoms with Crippen LogP contribution in [0.25, 0.3) is 0 Å². The third kappa shape index (κ3) is 3.87. The monoisotopic (exact) mass is 526 g/mol. The van der Waals surface area contributed by atoms with Gasteiger partial charge in [0.15, 0.2) is 0 Å². The molecule has 4 fully saturated rings. The fourth-order valence-corrected chi connectivity index (χ4v) is 10.8. The molecule has 5 heteroatoms. The van der Waals surface area contributed by atoms with E-state index >= 15 is 0 Å². The van der Waals surface area contributed by atoms with Crippen molar-refractivity contribution >= 4 is 17.7 Å². The Balaban J connectivity index is 1.51. The number of esters is 1. The van der Waals surface area contributed by atoms with Crippen molar-refractivity contribution in [1.29, 1.82) is 0 Å². The van der Waals surface area contributed by atoms with Crippen LogP contribution in [-0.4, -0.2) is 29.4 Å². The Hall–Kier alpha value is -1.65. The van der Waals surface area contributed by atoms with Crippen molar-refractivity contribution in [2.75, 3.05) is 6.61 Å². The van der Waals surface area contributed by atoms with E-state index in [-0.39, 0.29) is 32.5 Å². The van der Waals surface area contributed by atoms with Gasteiger partial charge in [-0.15, -0.1) is 0 Å². The Bertz CT molecular complexity index is 1070. The molecule has 5 aliphatic rings. The molecule has 0 aromatic rings. The van der Waals surface area contributed by atoms with Crippen LogP contribution in [0.4, 0.5) is 0 Å². The fourth-order valence-electron chi connectivity index (χ4n) is 10.8. The van der Waals surface area contributed by atoms with Gasteiger partial charge in [-0.2, -0.15) is 0 Å². The second kappa shape index (κ2) is 8.67. The number of allylic oxidation sites excluding steroid dienone is 2. The van der Waals surface area contributed by atoms with E-state index in [2.05, 4.69) is 54.5 Å². The van der Waals surface area contributed by atoms with Crippen molar-refractivity contribution < 1.29 is 24.2 Å². The van der Waals surface area contributed by atoms with Gasteiger partial charge in [0, 0.05) is 17.3 Å². The number of carbonyl (C=O) groups is 3. The second-order valence-electron chi connectivity index (χ2n) is 16.0. The highest BCUT2D eigenvalue weighted by molar-refractivity contribution is 5.90. The Morgan fingerprint density at radius 3 is 2.32 bits per heavy atom. The second-order valence-corrected chi connectivity index (χ2v) is 16.0. The first-order chi connectivity index (χ1) is 17.5. The van der Waals surface area contributed by atoms with Crippen molar-refractivity contribution in [1.82, 2.24) is 0 Å². The summed E-state index contributed by atoms with van der Waals surface area (Å²) in [6.07, 6.45) is 12.4. The molecule has 5 nitrogen and oxygen atoms in total. The van der Waals surface area contributed by atoms with Crippen molar-refractivity contribution in [2.24, 2.45) is 50.2 Å². The number of aliphatic carboxylic acids is 1. The Labute approximate surface area is 229 Å². The van der Waals surface area contributed by atoms with Gasteiger partial charge in [0.2, 0.25) is 0 Å². The standard InChI is InChI=1S/C33H50O5/c1-28(2)14-16-33(20-38-27(37)18-26(35)36)17-15-31(6)21(22(33)19-28)8-9-24-30(5)12-11-25(34)29(3,4)23(30)10-13-32(24,31)7/h8,22-24H,9-20H2,1-7H3,(H,35,36)/t22-,23-,24?,30-,31+,32+,33+/m0/s1. The van der Waals surface area contributed by atoms with E-state index in [0.29, 0.717) is 36.6 Å². The zero-order chi connectivity index (χ0) is 27.9. The lowest BCUT2D eigenvalue weighted by Crippen LogP contribution is -2.64. The maximum absolute atomic E-state index is 13.0. The summed E-state index contributed by atoms with van der Waals surface area (Å²) in [6, 6.07) is 0.